The Balaban J connectivity index is 1.83. The molecule has 0 atom stereocenters. The van der Waals surface area contributed by atoms with E-state index in [0.717, 1.165) is 25.0 Å². The summed E-state index contributed by atoms with van der Waals surface area (Å²) in [6.07, 6.45) is 19.2. The third kappa shape index (κ3) is 5.13. The summed E-state index contributed by atoms with van der Waals surface area (Å²) in [5.74, 6) is 2.08. The summed E-state index contributed by atoms with van der Waals surface area (Å²) in [5.41, 5.74) is 0.490. The Kier molecular flexibility index (Phi) is 7.29. The molecule has 0 aromatic carbocycles. The van der Waals surface area contributed by atoms with Crippen molar-refractivity contribution in [1.82, 2.24) is 0 Å². The summed E-state index contributed by atoms with van der Waals surface area (Å²) < 4.78 is 5.89. The first-order chi connectivity index (χ1) is 10.3. The van der Waals surface area contributed by atoms with Crippen molar-refractivity contribution in [3.8, 4) is 0 Å². The molecule has 2 rings (SSSR count). The third-order valence-corrected chi connectivity index (χ3v) is 6.11. The average molecular weight is 293 g/mol. The van der Waals surface area contributed by atoms with Crippen LogP contribution in [0.5, 0.6) is 0 Å². The second-order valence-electron chi connectivity index (χ2n) is 7.64. The molecule has 0 amide bonds. The van der Waals surface area contributed by atoms with Crippen LogP contribution in [0.1, 0.15) is 84.0 Å². The molecule has 0 heterocycles. The maximum absolute atomic E-state index is 5.89. The van der Waals surface area contributed by atoms with Crippen LogP contribution >= 0.6 is 0 Å². The molecule has 2 saturated carbocycles. The molecule has 0 N–H and O–H groups in total. The van der Waals surface area contributed by atoms with Crippen molar-refractivity contribution in [1.29, 1.82) is 0 Å². The van der Waals surface area contributed by atoms with E-state index in [0.29, 0.717) is 5.41 Å². The quantitative estimate of drug-likeness (QED) is 0.386. The van der Waals surface area contributed by atoms with E-state index in [1.54, 1.807) is 0 Å². The third-order valence-electron chi connectivity index (χ3n) is 6.11. The molecule has 0 unspecified atom stereocenters. The van der Waals surface area contributed by atoms with Crippen molar-refractivity contribution in [3.63, 3.8) is 0 Å². The van der Waals surface area contributed by atoms with E-state index in [1.165, 1.54) is 77.0 Å². The first-order valence-electron chi connectivity index (χ1n) is 9.48. The number of rotatable bonds is 8. The van der Waals surface area contributed by atoms with Crippen LogP contribution < -0.4 is 0 Å². The fourth-order valence-electron chi connectivity index (χ4n) is 4.71. The Bertz CT molecular complexity index is 282. The monoisotopic (exact) mass is 292 g/mol. The molecular formula is C20H36O. The van der Waals surface area contributed by atoms with Gasteiger partial charge in [0.2, 0.25) is 0 Å². The molecule has 0 spiro atoms. The maximum Gasteiger partial charge on any atom is 0.0645 e. The minimum Gasteiger partial charge on any atom is -0.377 e. The van der Waals surface area contributed by atoms with Crippen molar-refractivity contribution in [2.45, 2.75) is 84.0 Å². The van der Waals surface area contributed by atoms with Crippen molar-refractivity contribution in [3.05, 3.63) is 12.7 Å². The zero-order chi connectivity index (χ0) is 15.0. The Morgan fingerprint density at radius 2 is 1.71 bits per heavy atom. The van der Waals surface area contributed by atoms with E-state index in [2.05, 4.69) is 13.5 Å². The number of unbranched alkanes of at least 4 members (excludes halogenated alkanes) is 1. The van der Waals surface area contributed by atoms with Gasteiger partial charge in [0.15, 0.2) is 0 Å². The molecular weight excluding hydrogens is 256 g/mol. The van der Waals surface area contributed by atoms with E-state index >= 15 is 0 Å². The SMILES string of the molecule is C=CCOCC1(CCCC)CCC(C2CCCCC2)CC1. The molecule has 0 aliphatic heterocycles. The van der Waals surface area contributed by atoms with Crippen LogP contribution in [0.3, 0.4) is 0 Å². The fourth-order valence-corrected chi connectivity index (χ4v) is 4.71. The van der Waals surface area contributed by atoms with Gasteiger partial charge in [-0.15, -0.1) is 6.58 Å². The van der Waals surface area contributed by atoms with Gasteiger partial charge in [0.1, 0.15) is 0 Å². The van der Waals surface area contributed by atoms with Crippen LogP contribution in [-0.4, -0.2) is 13.2 Å². The molecule has 0 radical (unpaired) electrons. The average Bonchev–Trinajstić information content (AvgIpc) is 2.55. The van der Waals surface area contributed by atoms with E-state index in [4.69, 9.17) is 4.74 Å². The molecule has 0 aromatic heterocycles. The van der Waals surface area contributed by atoms with Crippen LogP contribution in [-0.2, 0) is 4.74 Å². The Morgan fingerprint density at radius 3 is 2.33 bits per heavy atom. The summed E-state index contributed by atoms with van der Waals surface area (Å²) in [4.78, 5) is 0. The molecule has 2 aliphatic rings. The Hall–Kier alpha value is -0.300. The first kappa shape index (κ1) is 17.1. The van der Waals surface area contributed by atoms with Crippen LogP contribution in [0.15, 0.2) is 12.7 Å². The van der Waals surface area contributed by atoms with Gasteiger partial charge in [-0.25, -0.2) is 0 Å². The summed E-state index contributed by atoms with van der Waals surface area (Å²) >= 11 is 0. The number of ether oxygens (including phenoxy) is 1. The lowest BCUT2D eigenvalue weighted by Crippen LogP contribution is -2.34. The van der Waals surface area contributed by atoms with Gasteiger partial charge in [0, 0.05) is 0 Å². The molecule has 0 aromatic rings. The Morgan fingerprint density at radius 1 is 1.05 bits per heavy atom. The molecule has 21 heavy (non-hydrogen) atoms. The lowest BCUT2D eigenvalue weighted by molar-refractivity contribution is 0.00368. The highest BCUT2D eigenvalue weighted by Crippen LogP contribution is 2.47. The predicted octanol–water partition coefficient (Wildman–Crippen LogP) is 6.14. The molecule has 1 nitrogen and oxygen atoms in total. The smallest absolute Gasteiger partial charge is 0.0645 e. The normalized spacial score (nSPS) is 31.2. The minimum absolute atomic E-state index is 0.490. The molecule has 122 valence electrons. The summed E-state index contributed by atoms with van der Waals surface area (Å²) in [7, 11) is 0. The zero-order valence-corrected chi connectivity index (χ0v) is 14.2. The van der Waals surface area contributed by atoms with Gasteiger partial charge in [0.05, 0.1) is 13.2 Å². The first-order valence-corrected chi connectivity index (χ1v) is 9.48. The number of hydrogen-bond acceptors (Lipinski definition) is 1. The summed E-state index contributed by atoms with van der Waals surface area (Å²) in [5, 5.41) is 0. The lowest BCUT2D eigenvalue weighted by Gasteiger charge is -2.43. The van der Waals surface area contributed by atoms with Gasteiger partial charge < -0.3 is 4.74 Å². The van der Waals surface area contributed by atoms with Crippen LogP contribution in [0.2, 0.25) is 0 Å². The molecule has 0 saturated heterocycles. The van der Waals surface area contributed by atoms with Gasteiger partial charge >= 0.3 is 0 Å². The van der Waals surface area contributed by atoms with Crippen LogP contribution in [0.25, 0.3) is 0 Å². The Labute approximate surface area is 132 Å². The standard InChI is InChI=1S/C20H36O/c1-3-5-13-20(17-21-16-4-2)14-11-19(12-15-20)18-9-7-6-8-10-18/h4,18-19H,2-3,5-17H2,1H3. The molecule has 1 heteroatoms. The van der Waals surface area contributed by atoms with Gasteiger partial charge in [-0.1, -0.05) is 57.9 Å². The molecule has 2 fully saturated rings. The molecule has 2 aliphatic carbocycles. The summed E-state index contributed by atoms with van der Waals surface area (Å²) in [6.45, 7) is 7.78. The number of hydrogen-bond donors (Lipinski definition) is 0. The second-order valence-corrected chi connectivity index (χ2v) is 7.64. The van der Waals surface area contributed by atoms with E-state index in [1.807, 2.05) is 6.08 Å². The predicted molar refractivity (Wildman–Crippen MR) is 91.5 cm³/mol. The van der Waals surface area contributed by atoms with Gasteiger partial charge in [-0.2, -0.15) is 0 Å². The zero-order valence-electron chi connectivity index (χ0n) is 14.2. The highest BCUT2D eigenvalue weighted by molar-refractivity contribution is 4.88. The van der Waals surface area contributed by atoms with Crippen molar-refractivity contribution < 1.29 is 4.74 Å². The maximum atomic E-state index is 5.89. The van der Waals surface area contributed by atoms with E-state index in [9.17, 15) is 0 Å². The van der Waals surface area contributed by atoms with Crippen molar-refractivity contribution >= 4 is 0 Å². The van der Waals surface area contributed by atoms with Gasteiger partial charge in [-0.3, -0.25) is 0 Å². The summed E-state index contributed by atoms with van der Waals surface area (Å²) in [6, 6.07) is 0. The van der Waals surface area contributed by atoms with Gasteiger partial charge in [-0.05, 0) is 49.4 Å². The largest absolute Gasteiger partial charge is 0.377 e. The van der Waals surface area contributed by atoms with Crippen LogP contribution in [0, 0.1) is 17.3 Å². The topological polar surface area (TPSA) is 9.23 Å². The lowest BCUT2D eigenvalue weighted by atomic mass is 9.64. The highest BCUT2D eigenvalue weighted by Gasteiger charge is 2.37. The second kappa shape index (κ2) is 8.98. The van der Waals surface area contributed by atoms with Gasteiger partial charge in [0.25, 0.3) is 0 Å². The van der Waals surface area contributed by atoms with E-state index in [-0.39, 0.29) is 0 Å². The van der Waals surface area contributed by atoms with E-state index < -0.39 is 0 Å². The van der Waals surface area contributed by atoms with Crippen molar-refractivity contribution in [2.24, 2.45) is 17.3 Å². The highest BCUT2D eigenvalue weighted by atomic mass is 16.5. The van der Waals surface area contributed by atoms with Crippen molar-refractivity contribution in [2.75, 3.05) is 13.2 Å². The fraction of sp³-hybridized carbons (Fsp3) is 0.900. The molecule has 0 bridgehead atoms. The van der Waals surface area contributed by atoms with Crippen LogP contribution in [0.4, 0.5) is 0 Å². The minimum atomic E-state index is 0.490.